The Labute approximate surface area is 451 Å². The minimum Gasteiger partial charge on any atom is -0.308 e. The van der Waals surface area contributed by atoms with E-state index in [2.05, 4.69) is 188 Å². The fourth-order valence-corrected chi connectivity index (χ4v) is 13.4. The molecule has 7 heteroatoms. The first kappa shape index (κ1) is 45.2. The minimum atomic E-state index is -0.275. The highest BCUT2D eigenvalue weighted by atomic mass is 15.1. The predicted molar refractivity (Wildman–Crippen MR) is 315 cm³/mol. The van der Waals surface area contributed by atoms with E-state index in [0.29, 0.717) is 28.6 Å². The Hall–Kier alpha value is -10.2. The van der Waals surface area contributed by atoms with E-state index in [4.69, 9.17) is 15.0 Å². The molecule has 0 bridgehead atoms. The van der Waals surface area contributed by atoms with Gasteiger partial charge in [-0.3, -0.25) is 0 Å². The lowest BCUT2D eigenvalue weighted by molar-refractivity contribution is 0.666. The highest BCUT2D eigenvalue weighted by Crippen LogP contribution is 2.55. The fourth-order valence-electron chi connectivity index (χ4n) is 13.4. The average molecular weight is 998 g/mol. The van der Waals surface area contributed by atoms with Crippen LogP contribution < -0.4 is 0 Å². The van der Waals surface area contributed by atoms with Crippen molar-refractivity contribution in [2.24, 2.45) is 0 Å². The van der Waals surface area contributed by atoms with Crippen LogP contribution >= 0.6 is 0 Å². The summed E-state index contributed by atoms with van der Waals surface area (Å²) in [5.74, 6) is 1.41. The molecule has 0 atom stereocenters. The lowest BCUT2D eigenvalue weighted by atomic mass is 9.80. The topological polar surface area (TPSA) is 96.1 Å². The molecular weight excluding hydrogens is 951 g/mol. The largest absolute Gasteiger partial charge is 0.308 e. The number of fused-ring (bicyclic) bond motifs is 14. The van der Waals surface area contributed by atoms with Gasteiger partial charge in [0.15, 0.2) is 17.5 Å². The molecule has 13 aromatic rings. The van der Waals surface area contributed by atoms with Gasteiger partial charge in [0.05, 0.1) is 56.7 Å². The van der Waals surface area contributed by atoms with E-state index in [-0.39, 0.29) is 10.8 Å². The summed E-state index contributed by atoms with van der Waals surface area (Å²) in [6.07, 6.45) is 0. The summed E-state index contributed by atoms with van der Waals surface area (Å²) in [7, 11) is 0. The standard InChI is InChI=1S/C71H47N7/c1-70(2)55-26-14-10-22-47(55)49-33-36-60-63(65(49)70)51-24-12-16-28-57(51)77(60)59-35-31-44(46-21-9-8-20-45(46)41-73)39-54(59)69-75-67(43-18-6-5-7-19-43)74-68(76-69)53-32-30-42(40-72)38-62(53)78-58-29-17-13-25-52(58)64-61(78)37-34-50-48-23-11-15-27-56(48)71(3,4)66(50)64/h5-39H,1-4H3. The zero-order chi connectivity index (χ0) is 52.6. The average Bonchev–Trinajstić information content (AvgIpc) is 3.45. The van der Waals surface area contributed by atoms with E-state index in [0.717, 1.165) is 72.0 Å². The normalized spacial score (nSPS) is 13.6. The van der Waals surface area contributed by atoms with Crippen LogP contribution in [0.2, 0.25) is 0 Å². The molecule has 3 heterocycles. The third-order valence-corrected chi connectivity index (χ3v) is 16.8. The number of hydrogen-bond acceptors (Lipinski definition) is 5. The Morgan fingerprint density at radius 2 is 0.859 bits per heavy atom. The molecule has 78 heavy (non-hydrogen) atoms. The molecule has 0 saturated heterocycles. The number of nitrogens with zero attached hydrogens (tertiary/aromatic N) is 7. The Kier molecular flexibility index (Phi) is 9.65. The molecule has 15 rings (SSSR count). The van der Waals surface area contributed by atoms with Crippen LogP contribution in [-0.4, -0.2) is 24.1 Å². The molecule has 2 aliphatic carbocycles. The van der Waals surface area contributed by atoms with Gasteiger partial charge in [0, 0.05) is 49.1 Å². The van der Waals surface area contributed by atoms with E-state index in [1.165, 1.54) is 55.3 Å². The van der Waals surface area contributed by atoms with Gasteiger partial charge in [-0.25, -0.2) is 15.0 Å². The second kappa shape index (κ2) is 16.6. The summed E-state index contributed by atoms with van der Waals surface area (Å²) < 4.78 is 4.67. The van der Waals surface area contributed by atoms with Gasteiger partial charge in [-0.2, -0.15) is 10.5 Å². The molecule has 0 aliphatic heterocycles. The maximum Gasteiger partial charge on any atom is 0.166 e. The zero-order valence-corrected chi connectivity index (χ0v) is 43.3. The molecule has 2 aliphatic rings. The SMILES string of the molecule is CC1(C)c2ccccc2-c2ccc3c(c21)c1ccccc1n3-c1ccc(-c2ccccc2C#N)cc1-c1nc(-c2ccccc2)nc(-c2ccc(C#N)cc2-n2c3ccccc3c3c4c(ccc32)-c2ccccc2C4(C)C)n1. The van der Waals surface area contributed by atoms with Gasteiger partial charge < -0.3 is 9.13 Å². The van der Waals surface area contributed by atoms with Crippen LogP contribution in [0.25, 0.3) is 123 Å². The van der Waals surface area contributed by atoms with Gasteiger partial charge in [-0.1, -0.05) is 179 Å². The Morgan fingerprint density at radius 1 is 0.359 bits per heavy atom. The number of hydrogen-bond donors (Lipinski definition) is 0. The monoisotopic (exact) mass is 997 g/mol. The van der Waals surface area contributed by atoms with Gasteiger partial charge >= 0.3 is 0 Å². The molecule has 0 amide bonds. The molecular formula is C71H47N7. The van der Waals surface area contributed by atoms with Crippen LogP contribution in [0.15, 0.2) is 212 Å². The molecule has 0 spiro atoms. The van der Waals surface area contributed by atoms with Crippen LogP contribution in [0.5, 0.6) is 0 Å². The number of para-hydroxylation sites is 2. The molecule has 10 aromatic carbocycles. The molecule has 3 aromatic heterocycles. The number of benzene rings is 10. The van der Waals surface area contributed by atoms with Crippen molar-refractivity contribution in [2.75, 3.05) is 0 Å². The summed E-state index contributed by atoms with van der Waals surface area (Å²) in [4.78, 5) is 16.5. The van der Waals surface area contributed by atoms with Crippen molar-refractivity contribution >= 4 is 43.6 Å². The third-order valence-electron chi connectivity index (χ3n) is 16.8. The first-order valence-electron chi connectivity index (χ1n) is 26.5. The van der Waals surface area contributed by atoms with Crippen LogP contribution in [0.3, 0.4) is 0 Å². The summed E-state index contributed by atoms with van der Waals surface area (Å²) in [6, 6.07) is 78.9. The van der Waals surface area contributed by atoms with Gasteiger partial charge in [-0.15, -0.1) is 0 Å². The second-order valence-electron chi connectivity index (χ2n) is 21.7. The maximum absolute atomic E-state index is 10.7. The Bertz CT molecular complexity index is 4820. The van der Waals surface area contributed by atoms with Gasteiger partial charge in [-0.05, 0) is 116 Å². The molecule has 7 nitrogen and oxygen atoms in total. The van der Waals surface area contributed by atoms with Crippen LogP contribution in [0, 0.1) is 22.7 Å². The van der Waals surface area contributed by atoms with E-state index < -0.39 is 0 Å². The van der Waals surface area contributed by atoms with Crippen molar-refractivity contribution in [3.63, 3.8) is 0 Å². The molecule has 0 fully saturated rings. The van der Waals surface area contributed by atoms with Crippen LogP contribution in [0.4, 0.5) is 0 Å². The van der Waals surface area contributed by atoms with Crippen molar-refractivity contribution in [2.45, 2.75) is 38.5 Å². The first-order chi connectivity index (χ1) is 38.1. The maximum atomic E-state index is 10.7. The van der Waals surface area contributed by atoms with Crippen LogP contribution in [-0.2, 0) is 10.8 Å². The predicted octanol–water partition coefficient (Wildman–Crippen LogP) is 17.1. The van der Waals surface area contributed by atoms with Crippen molar-refractivity contribution < 1.29 is 0 Å². The lowest BCUT2D eigenvalue weighted by Crippen LogP contribution is -2.15. The van der Waals surface area contributed by atoms with Crippen LogP contribution in [0.1, 0.15) is 61.1 Å². The summed E-state index contributed by atoms with van der Waals surface area (Å²) >= 11 is 0. The quantitative estimate of drug-likeness (QED) is 0.165. The van der Waals surface area contributed by atoms with Crippen molar-refractivity contribution in [1.29, 1.82) is 10.5 Å². The smallest absolute Gasteiger partial charge is 0.166 e. The molecule has 0 N–H and O–H groups in total. The van der Waals surface area contributed by atoms with Gasteiger partial charge in [0.2, 0.25) is 0 Å². The minimum absolute atomic E-state index is 0.266. The highest BCUT2D eigenvalue weighted by Gasteiger charge is 2.40. The van der Waals surface area contributed by atoms with E-state index >= 15 is 0 Å². The molecule has 0 unspecified atom stereocenters. The molecule has 366 valence electrons. The molecule has 0 radical (unpaired) electrons. The zero-order valence-electron chi connectivity index (χ0n) is 43.3. The van der Waals surface area contributed by atoms with Crippen molar-refractivity contribution in [1.82, 2.24) is 24.1 Å². The highest BCUT2D eigenvalue weighted by molar-refractivity contribution is 6.16. The summed E-state index contributed by atoms with van der Waals surface area (Å²) in [5, 5.41) is 25.8. The summed E-state index contributed by atoms with van der Waals surface area (Å²) in [6.45, 7) is 9.35. The van der Waals surface area contributed by atoms with Crippen molar-refractivity contribution in [3.05, 3.63) is 246 Å². The van der Waals surface area contributed by atoms with Crippen molar-refractivity contribution in [3.8, 4) is 91.1 Å². The lowest BCUT2D eigenvalue weighted by Gasteiger charge is -2.23. The van der Waals surface area contributed by atoms with E-state index in [9.17, 15) is 10.5 Å². The van der Waals surface area contributed by atoms with E-state index in [1.54, 1.807) is 0 Å². The summed E-state index contributed by atoms with van der Waals surface area (Å²) in [5.41, 5.74) is 20.6. The number of rotatable bonds is 6. The third kappa shape index (κ3) is 6.34. The second-order valence-corrected chi connectivity index (χ2v) is 21.7. The Balaban J connectivity index is 1.03. The molecule has 0 saturated carbocycles. The van der Waals surface area contributed by atoms with Gasteiger partial charge in [0.25, 0.3) is 0 Å². The first-order valence-corrected chi connectivity index (χ1v) is 26.5. The fraction of sp³-hybridized carbons (Fsp3) is 0.0845. The Morgan fingerprint density at radius 3 is 1.46 bits per heavy atom. The number of nitriles is 2. The van der Waals surface area contributed by atoms with Gasteiger partial charge in [0.1, 0.15) is 0 Å². The van der Waals surface area contributed by atoms with E-state index in [1.807, 2.05) is 72.8 Å². The number of aromatic nitrogens is 5.